The zero-order valence-electron chi connectivity index (χ0n) is 14.3. The fourth-order valence-electron chi connectivity index (χ4n) is 2.62. The standard InChI is InChI=1S/C19H24N2OS/c1-14-6-5-7-15(2)19(14)20-18(22)13-21(3)12-16-8-10-17(23-4)11-9-16/h5-11H,12-13H2,1-4H3,(H,20,22)/p+1. The van der Waals surface area contributed by atoms with E-state index in [1.54, 1.807) is 11.8 Å². The van der Waals surface area contributed by atoms with E-state index in [1.165, 1.54) is 15.4 Å². The smallest absolute Gasteiger partial charge is 0.279 e. The summed E-state index contributed by atoms with van der Waals surface area (Å²) < 4.78 is 0. The molecule has 1 unspecified atom stereocenters. The second-order valence-electron chi connectivity index (χ2n) is 5.97. The zero-order valence-corrected chi connectivity index (χ0v) is 15.1. The number of anilines is 1. The Bertz CT molecular complexity index is 647. The summed E-state index contributed by atoms with van der Waals surface area (Å²) >= 11 is 1.74. The largest absolute Gasteiger partial charge is 0.326 e. The Morgan fingerprint density at radius 2 is 1.70 bits per heavy atom. The molecular weight excluding hydrogens is 304 g/mol. The van der Waals surface area contributed by atoms with E-state index in [4.69, 9.17) is 0 Å². The first-order chi connectivity index (χ1) is 11.0. The van der Waals surface area contributed by atoms with Gasteiger partial charge in [-0.3, -0.25) is 4.79 Å². The number of thioether (sulfide) groups is 1. The number of para-hydroxylation sites is 1. The summed E-state index contributed by atoms with van der Waals surface area (Å²) in [6.07, 6.45) is 2.07. The predicted molar refractivity (Wildman–Crippen MR) is 98.2 cm³/mol. The number of aryl methyl sites for hydroxylation is 2. The molecule has 2 aromatic rings. The lowest BCUT2D eigenvalue weighted by atomic mass is 10.1. The van der Waals surface area contributed by atoms with Gasteiger partial charge < -0.3 is 10.2 Å². The molecule has 0 aliphatic rings. The van der Waals surface area contributed by atoms with Crippen molar-refractivity contribution in [2.75, 3.05) is 25.2 Å². The second-order valence-corrected chi connectivity index (χ2v) is 6.85. The molecule has 3 nitrogen and oxygen atoms in total. The maximum absolute atomic E-state index is 12.3. The van der Waals surface area contributed by atoms with E-state index >= 15 is 0 Å². The number of amides is 1. The van der Waals surface area contributed by atoms with Gasteiger partial charge in [0.25, 0.3) is 5.91 Å². The molecule has 0 fully saturated rings. The van der Waals surface area contributed by atoms with Crippen molar-refractivity contribution in [1.29, 1.82) is 0 Å². The molecule has 0 aliphatic heterocycles. The van der Waals surface area contributed by atoms with Crippen LogP contribution in [0.25, 0.3) is 0 Å². The first-order valence-electron chi connectivity index (χ1n) is 7.80. The molecule has 122 valence electrons. The fraction of sp³-hybridized carbons (Fsp3) is 0.316. The van der Waals surface area contributed by atoms with Crippen molar-refractivity contribution in [1.82, 2.24) is 0 Å². The molecule has 0 saturated carbocycles. The first-order valence-corrected chi connectivity index (χ1v) is 9.02. The molecule has 0 heterocycles. The maximum Gasteiger partial charge on any atom is 0.279 e. The van der Waals surface area contributed by atoms with Crippen molar-refractivity contribution in [3.8, 4) is 0 Å². The van der Waals surface area contributed by atoms with E-state index in [9.17, 15) is 4.79 Å². The van der Waals surface area contributed by atoms with Crippen LogP contribution >= 0.6 is 11.8 Å². The van der Waals surface area contributed by atoms with Crippen molar-refractivity contribution in [2.24, 2.45) is 0 Å². The van der Waals surface area contributed by atoms with Crippen LogP contribution < -0.4 is 10.2 Å². The molecule has 0 saturated heterocycles. The number of benzene rings is 2. The number of rotatable bonds is 6. The number of hydrogen-bond donors (Lipinski definition) is 2. The van der Waals surface area contributed by atoms with Crippen molar-refractivity contribution < 1.29 is 9.69 Å². The molecule has 1 amide bonds. The number of nitrogens with one attached hydrogen (secondary N) is 2. The average Bonchev–Trinajstić information content (AvgIpc) is 2.51. The van der Waals surface area contributed by atoms with Gasteiger partial charge >= 0.3 is 0 Å². The van der Waals surface area contributed by atoms with Crippen LogP contribution in [0.2, 0.25) is 0 Å². The van der Waals surface area contributed by atoms with Gasteiger partial charge in [0.2, 0.25) is 0 Å². The van der Waals surface area contributed by atoms with E-state index in [1.807, 2.05) is 39.1 Å². The van der Waals surface area contributed by atoms with Crippen molar-refractivity contribution in [3.63, 3.8) is 0 Å². The van der Waals surface area contributed by atoms with Crippen LogP contribution in [0.5, 0.6) is 0 Å². The molecule has 2 aromatic carbocycles. The minimum absolute atomic E-state index is 0.0561. The highest BCUT2D eigenvalue weighted by Gasteiger charge is 2.13. The molecule has 0 spiro atoms. The maximum atomic E-state index is 12.3. The highest BCUT2D eigenvalue weighted by molar-refractivity contribution is 7.98. The molecule has 1 atom stereocenters. The first kappa shape index (κ1) is 17.6. The third kappa shape index (κ3) is 5.12. The van der Waals surface area contributed by atoms with Crippen LogP contribution in [0.15, 0.2) is 47.4 Å². The van der Waals surface area contributed by atoms with Gasteiger partial charge in [-0.1, -0.05) is 30.3 Å². The van der Waals surface area contributed by atoms with Gasteiger partial charge in [0.1, 0.15) is 6.54 Å². The Morgan fingerprint density at radius 3 is 2.26 bits per heavy atom. The molecule has 4 heteroatoms. The highest BCUT2D eigenvalue weighted by Crippen LogP contribution is 2.19. The lowest BCUT2D eigenvalue weighted by Crippen LogP contribution is -3.08. The van der Waals surface area contributed by atoms with E-state index in [0.717, 1.165) is 23.4 Å². The predicted octanol–water partition coefficient (Wildman–Crippen LogP) is 2.68. The molecule has 23 heavy (non-hydrogen) atoms. The lowest BCUT2D eigenvalue weighted by Gasteiger charge is -2.16. The topological polar surface area (TPSA) is 33.5 Å². The van der Waals surface area contributed by atoms with Crippen LogP contribution in [0.4, 0.5) is 5.69 Å². The summed E-state index contributed by atoms with van der Waals surface area (Å²) in [7, 11) is 2.05. The van der Waals surface area contributed by atoms with E-state index in [0.29, 0.717) is 6.54 Å². The van der Waals surface area contributed by atoms with Crippen LogP contribution in [-0.2, 0) is 11.3 Å². The summed E-state index contributed by atoms with van der Waals surface area (Å²) in [6.45, 7) is 5.34. The Labute approximate surface area is 143 Å². The summed E-state index contributed by atoms with van der Waals surface area (Å²) in [4.78, 5) is 14.7. The van der Waals surface area contributed by atoms with Gasteiger partial charge in [-0.25, -0.2) is 0 Å². The van der Waals surface area contributed by atoms with E-state index < -0.39 is 0 Å². The number of quaternary nitrogens is 1. The average molecular weight is 329 g/mol. The van der Waals surface area contributed by atoms with Gasteiger partial charge in [0.05, 0.1) is 7.05 Å². The van der Waals surface area contributed by atoms with Gasteiger partial charge in [-0.15, -0.1) is 11.8 Å². The molecule has 2 N–H and O–H groups in total. The number of likely N-dealkylation sites (N-methyl/N-ethyl adjacent to an activating group) is 1. The quantitative estimate of drug-likeness (QED) is 0.799. The molecule has 2 rings (SSSR count). The van der Waals surface area contributed by atoms with Gasteiger partial charge in [-0.05, 0) is 43.4 Å². The third-order valence-electron chi connectivity index (χ3n) is 3.87. The highest BCUT2D eigenvalue weighted by atomic mass is 32.2. The van der Waals surface area contributed by atoms with E-state index in [2.05, 4.69) is 35.8 Å². The number of carbonyl (C=O) groups is 1. The number of hydrogen-bond acceptors (Lipinski definition) is 2. The summed E-state index contributed by atoms with van der Waals surface area (Å²) in [5.41, 5.74) is 4.39. The number of carbonyl (C=O) groups excluding carboxylic acids is 1. The fourth-order valence-corrected chi connectivity index (χ4v) is 3.03. The summed E-state index contributed by atoms with van der Waals surface area (Å²) in [5.74, 6) is 0.0561. The monoisotopic (exact) mass is 329 g/mol. The van der Waals surface area contributed by atoms with Gasteiger partial charge in [0, 0.05) is 16.1 Å². The third-order valence-corrected chi connectivity index (χ3v) is 4.62. The minimum atomic E-state index is 0.0561. The van der Waals surface area contributed by atoms with Gasteiger partial charge in [0.15, 0.2) is 6.54 Å². The van der Waals surface area contributed by atoms with Crippen LogP contribution in [0.3, 0.4) is 0 Å². The van der Waals surface area contributed by atoms with Crippen LogP contribution in [0, 0.1) is 13.8 Å². The van der Waals surface area contributed by atoms with Crippen molar-refractivity contribution in [2.45, 2.75) is 25.3 Å². The normalized spacial score (nSPS) is 12.0. The lowest BCUT2D eigenvalue weighted by molar-refractivity contribution is -0.885. The molecule has 0 bridgehead atoms. The molecular formula is C19H25N2OS+. The molecule has 0 aromatic heterocycles. The Hall–Kier alpha value is -1.78. The molecule has 0 aliphatic carbocycles. The van der Waals surface area contributed by atoms with Gasteiger partial charge in [-0.2, -0.15) is 0 Å². The Kier molecular flexibility index (Phi) is 6.25. The zero-order chi connectivity index (χ0) is 16.8. The van der Waals surface area contributed by atoms with Crippen molar-refractivity contribution >= 4 is 23.4 Å². The SMILES string of the molecule is CSc1ccc(C[NH+](C)CC(=O)Nc2c(C)cccc2C)cc1. The molecule has 0 radical (unpaired) electrons. The summed E-state index contributed by atoms with van der Waals surface area (Å²) in [5, 5.41) is 3.05. The Balaban J connectivity index is 1.91. The van der Waals surface area contributed by atoms with Crippen LogP contribution in [0.1, 0.15) is 16.7 Å². The van der Waals surface area contributed by atoms with E-state index in [-0.39, 0.29) is 5.91 Å². The van der Waals surface area contributed by atoms with Crippen LogP contribution in [-0.4, -0.2) is 25.8 Å². The second kappa shape index (κ2) is 8.18. The Morgan fingerprint density at radius 1 is 1.09 bits per heavy atom. The van der Waals surface area contributed by atoms with Crippen molar-refractivity contribution in [3.05, 3.63) is 59.2 Å². The minimum Gasteiger partial charge on any atom is -0.326 e. The summed E-state index contributed by atoms with van der Waals surface area (Å²) in [6, 6.07) is 14.6.